The Bertz CT molecular complexity index is 735. The second-order valence-electron chi connectivity index (χ2n) is 5.52. The number of hydrogen-bond donors (Lipinski definition) is 3. The zero-order valence-electron chi connectivity index (χ0n) is 14.9. The third-order valence-corrected chi connectivity index (χ3v) is 4.12. The molecule has 0 aliphatic rings. The zero-order valence-corrected chi connectivity index (χ0v) is 15.7. The molecule has 0 bridgehead atoms. The first-order chi connectivity index (χ1) is 12.6. The Hall–Kier alpha value is -2.67. The minimum atomic E-state index is -0.241. The van der Waals surface area contributed by atoms with E-state index in [1.165, 1.54) is 6.92 Å². The summed E-state index contributed by atoms with van der Waals surface area (Å²) in [6, 6.07) is 14.6. The van der Waals surface area contributed by atoms with Crippen LogP contribution in [0.3, 0.4) is 0 Å². The van der Waals surface area contributed by atoms with E-state index in [0.717, 1.165) is 10.6 Å². The first-order valence-electron chi connectivity index (χ1n) is 8.26. The molecule has 0 spiro atoms. The van der Waals surface area contributed by atoms with Crippen molar-refractivity contribution < 1.29 is 14.3 Å². The maximum atomic E-state index is 11.8. The average molecular weight is 373 g/mol. The first kappa shape index (κ1) is 19.7. The Morgan fingerprint density at radius 1 is 1.04 bits per heavy atom. The van der Waals surface area contributed by atoms with Crippen LogP contribution in [-0.2, 0) is 4.79 Å². The van der Waals surface area contributed by atoms with Crippen molar-refractivity contribution in [3.05, 3.63) is 48.5 Å². The molecule has 0 unspecified atom stereocenters. The summed E-state index contributed by atoms with van der Waals surface area (Å²) >= 11 is 1.65. The lowest BCUT2D eigenvalue weighted by molar-refractivity contribution is -0.114. The first-order valence-corrected chi connectivity index (χ1v) is 9.48. The van der Waals surface area contributed by atoms with E-state index < -0.39 is 0 Å². The van der Waals surface area contributed by atoms with E-state index in [9.17, 15) is 9.59 Å². The van der Waals surface area contributed by atoms with Crippen molar-refractivity contribution >= 4 is 35.1 Å². The minimum absolute atomic E-state index is 0.125. The number of carbonyl (C=O) groups excluding carboxylic acids is 2. The van der Waals surface area contributed by atoms with Gasteiger partial charge in [0.1, 0.15) is 5.75 Å². The van der Waals surface area contributed by atoms with Gasteiger partial charge in [0.15, 0.2) is 0 Å². The monoisotopic (exact) mass is 373 g/mol. The standard InChI is InChI=1S/C19H23N3O3S/c1-14(23)21-16-5-3-6-17(13-16)25-12-4-11-20-19(24)22-15-7-9-18(26-2)10-8-15/h3,5-10,13H,4,11-12H2,1-2H3,(H,21,23)(H2,20,22,24). The molecule has 0 atom stereocenters. The quantitative estimate of drug-likeness (QED) is 0.483. The van der Waals surface area contributed by atoms with Crippen LogP contribution in [0.4, 0.5) is 16.2 Å². The van der Waals surface area contributed by atoms with E-state index in [1.807, 2.05) is 42.7 Å². The summed E-state index contributed by atoms with van der Waals surface area (Å²) in [5, 5.41) is 8.28. The van der Waals surface area contributed by atoms with Gasteiger partial charge in [0.2, 0.25) is 5.91 Å². The molecular formula is C19H23N3O3S. The van der Waals surface area contributed by atoms with Gasteiger partial charge in [-0.05, 0) is 49.1 Å². The molecule has 0 aromatic heterocycles. The third-order valence-electron chi connectivity index (χ3n) is 3.38. The van der Waals surface area contributed by atoms with E-state index in [-0.39, 0.29) is 11.9 Å². The Morgan fingerprint density at radius 3 is 2.50 bits per heavy atom. The lowest BCUT2D eigenvalue weighted by Crippen LogP contribution is -2.30. The van der Waals surface area contributed by atoms with Crippen molar-refractivity contribution in [3.63, 3.8) is 0 Å². The normalized spacial score (nSPS) is 10.1. The average Bonchev–Trinajstić information content (AvgIpc) is 2.62. The van der Waals surface area contributed by atoms with Crippen LogP contribution in [0.25, 0.3) is 0 Å². The molecule has 0 saturated heterocycles. The van der Waals surface area contributed by atoms with Crippen LogP contribution >= 0.6 is 11.8 Å². The molecule has 7 heteroatoms. The number of hydrogen-bond acceptors (Lipinski definition) is 4. The molecule has 2 aromatic carbocycles. The molecule has 0 radical (unpaired) electrons. The number of thioether (sulfide) groups is 1. The molecule has 0 aliphatic carbocycles. The van der Waals surface area contributed by atoms with Gasteiger partial charge in [0, 0.05) is 35.8 Å². The van der Waals surface area contributed by atoms with Gasteiger partial charge in [-0.2, -0.15) is 0 Å². The summed E-state index contributed by atoms with van der Waals surface area (Å²) in [6.07, 6.45) is 2.68. The summed E-state index contributed by atoms with van der Waals surface area (Å²) in [7, 11) is 0. The molecule has 2 aromatic rings. The van der Waals surface area contributed by atoms with Crippen molar-refractivity contribution in [3.8, 4) is 5.75 Å². The third kappa shape index (κ3) is 7.06. The van der Waals surface area contributed by atoms with Crippen molar-refractivity contribution in [1.29, 1.82) is 0 Å². The van der Waals surface area contributed by atoms with Crippen LogP contribution < -0.4 is 20.7 Å². The van der Waals surface area contributed by atoms with Crippen LogP contribution in [-0.4, -0.2) is 31.3 Å². The van der Waals surface area contributed by atoms with E-state index in [0.29, 0.717) is 31.0 Å². The van der Waals surface area contributed by atoms with Gasteiger partial charge >= 0.3 is 6.03 Å². The Balaban J connectivity index is 1.65. The van der Waals surface area contributed by atoms with Crippen molar-refractivity contribution in [1.82, 2.24) is 5.32 Å². The fraction of sp³-hybridized carbons (Fsp3) is 0.263. The molecule has 6 nitrogen and oxygen atoms in total. The van der Waals surface area contributed by atoms with Crippen molar-refractivity contribution in [2.24, 2.45) is 0 Å². The van der Waals surface area contributed by atoms with Gasteiger partial charge in [-0.15, -0.1) is 11.8 Å². The molecule has 3 N–H and O–H groups in total. The van der Waals surface area contributed by atoms with Gasteiger partial charge < -0.3 is 20.7 Å². The highest BCUT2D eigenvalue weighted by molar-refractivity contribution is 7.98. The highest BCUT2D eigenvalue weighted by atomic mass is 32.2. The van der Waals surface area contributed by atoms with E-state index in [4.69, 9.17) is 4.74 Å². The van der Waals surface area contributed by atoms with Crippen molar-refractivity contribution in [2.75, 3.05) is 30.0 Å². The summed E-state index contributed by atoms with van der Waals surface area (Å²) in [4.78, 5) is 24.0. The van der Waals surface area contributed by atoms with Crippen LogP contribution in [0.1, 0.15) is 13.3 Å². The summed E-state index contributed by atoms with van der Waals surface area (Å²) in [6.45, 7) is 2.42. The number of amides is 3. The molecular weight excluding hydrogens is 350 g/mol. The van der Waals surface area contributed by atoms with Crippen LogP contribution in [0.15, 0.2) is 53.4 Å². The maximum absolute atomic E-state index is 11.8. The van der Waals surface area contributed by atoms with E-state index >= 15 is 0 Å². The largest absolute Gasteiger partial charge is 0.493 e. The molecule has 0 saturated carbocycles. The number of benzene rings is 2. The number of nitrogens with one attached hydrogen (secondary N) is 3. The summed E-state index contributed by atoms with van der Waals surface area (Å²) < 4.78 is 5.63. The fourth-order valence-electron chi connectivity index (χ4n) is 2.18. The lowest BCUT2D eigenvalue weighted by atomic mass is 10.3. The van der Waals surface area contributed by atoms with Gasteiger partial charge in [0.05, 0.1) is 6.61 Å². The smallest absolute Gasteiger partial charge is 0.319 e. The van der Waals surface area contributed by atoms with Gasteiger partial charge in [-0.1, -0.05) is 6.07 Å². The highest BCUT2D eigenvalue weighted by Gasteiger charge is 2.02. The molecule has 138 valence electrons. The van der Waals surface area contributed by atoms with E-state index in [1.54, 1.807) is 23.9 Å². The van der Waals surface area contributed by atoms with Crippen LogP contribution in [0.2, 0.25) is 0 Å². The van der Waals surface area contributed by atoms with Gasteiger partial charge in [0.25, 0.3) is 0 Å². The van der Waals surface area contributed by atoms with Gasteiger partial charge in [-0.25, -0.2) is 4.79 Å². The molecule has 0 heterocycles. The fourth-order valence-corrected chi connectivity index (χ4v) is 2.59. The number of urea groups is 1. The number of carbonyl (C=O) groups is 2. The Morgan fingerprint density at radius 2 is 1.81 bits per heavy atom. The number of rotatable bonds is 8. The molecule has 26 heavy (non-hydrogen) atoms. The summed E-state index contributed by atoms with van der Waals surface area (Å²) in [5.74, 6) is 0.551. The predicted molar refractivity (Wildman–Crippen MR) is 106 cm³/mol. The summed E-state index contributed by atoms with van der Waals surface area (Å²) in [5.41, 5.74) is 1.45. The predicted octanol–water partition coefficient (Wildman–Crippen LogP) is 3.96. The second kappa shape index (κ2) is 10.4. The highest BCUT2D eigenvalue weighted by Crippen LogP contribution is 2.18. The molecule has 2 rings (SSSR count). The molecule has 0 aliphatic heterocycles. The lowest BCUT2D eigenvalue weighted by Gasteiger charge is -2.10. The maximum Gasteiger partial charge on any atom is 0.319 e. The second-order valence-corrected chi connectivity index (χ2v) is 6.40. The van der Waals surface area contributed by atoms with E-state index in [2.05, 4.69) is 16.0 Å². The SMILES string of the molecule is CSc1ccc(NC(=O)NCCCOc2cccc(NC(C)=O)c2)cc1. The van der Waals surface area contributed by atoms with Gasteiger partial charge in [-0.3, -0.25) is 4.79 Å². The Labute approximate surface area is 157 Å². The number of ether oxygens (including phenoxy) is 1. The Kier molecular flexibility index (Phi) is 7.82. The minimum Gasteiger partial charge on any atom is -0.493 e. The number of anilines is 2. The molecule has 0 fully saturated rings. The van der Waals surface area contributed by atoms with Crippen LogP contribution in [0.5, 0.6) is 5.75 Å². The topological polar surface area (TPSA) is 79.5 Å². The van der Waals surface area contributed by atoms with Crippen LogP contribution in [0, 0.1) is 0 Å². The van der Waals surface area contributed by atoms with Crippen molar-refractivity contribution in [2.45, 2.75) is 18.2 Å². The molecule has 3 amide bonds. The zero-order chi connectivity index (χ0) is 18.8.